The molecule has 0 spiro atoms. The number of likely N-dealkylation sites (tertiary alicyclic amines) is 1. The minimum absolute atomic E-state index is 0.0823. The molecule has 1 fully saturated rings. The van der Waals surface area contributed by atoms with Crippen LogP contribution in [0.2, 0.25) is 0 Å². The lowest BCUT2D eigenvalue weighted by molar-refractivity contribution is -0.129. The van der Waals surface area contributed by atoms with Crippen LogP contribution in [-0.2, 0) is 4.79 Å². The summed E-state index contributed by atoms with van der Waals surface area (Å²) < 4.78 is 0. The molecule has 1 rings (SSSR count). The van der Waals surface area contributed by atoms with E-state index in [0.29, 0.717) is 5.41 Å². The highest BCUT2D eigenvalue weighted by atomic mass is 35.5. The normalized spacial score (nSPS) is 30.6. The van der Waals surface area contributed by atoms with Gasteiger partial charge in [-0.3, -0.25) is 4.79 Å². The zero-order valence-corrected chi connectivity index (χ0v) is 9.40. The van der Waals surface area contributed by atoms with Gasteiger partial charge in [-0.05, 0) is 25.2 Å². The minimum Gasteiger partial charge on any atom is -0.341 e. The lowest BCUT2D eigenvalue weighted by atomic mass is 9.87. The van der Waals surface area contributed by atoms with Crippen LogP contribution in [0.3, 0.4) is 0 Å². The predicted molar refractivity (Wildman–Crippen MR) is 54.9 cm³/mol. The smallest absolute Gasteiger partial charge is 0.240 e. The molecule has 0 saturated carbocycles. The van der Waals surface area contributed by atoms with Gasteiger partial charge >= 0.3 is 0 Å². The fourth-order valence-electron chi connectivity index (χ4n) is 1.75. The second kappa shape index (κ2) is 3.87. The Hall–Kier alpha value is -0.240. The van der Waals surface area contributed by atoms with Crippen molar-refractivity contribution in [2.24, 2.45) is 5.41 Å². The van der Waals surface area contributed by atoms with Crippen LogP contribution in [0, 0.1) is 5.41 Å². The molecule has 1 aliphatic heterocycles. The largest absolute Gasteiger partial charge is 0.341 e. The topological polar surface area (TPSA) is 20.3 Å². The molecule has 1 aliphatic rings. The van der Waals surface area contributed by atoms with Crippen molar-refractivity contribution in [3.63, 3.8) is 0 Å². The second-order valence-corrected chi connectivity index (χ2v) is 4.94. The summed E-state index contributed by atoms with van der Waals surface area (Å²) in [5.41, 5.74) is 0.321. The molecule has 0 aromatic heterocycles. The van der Waals surface area contributed by atoms with E-state index in [1.165, 1.54) is 0 Å². The molecular weight excluding hydrogens is 186 g/mol. The number of halogens is 1. The molecule has 1 saturated heterocycles. The van der Waals surface area contributed by atoms with E-state index in [1.807, 2.05) is 4.90 Å². The van der Waals surface area contributed by atoms with Gasteiger partial charge in [0.1, 0.15) is 5.38 Å². The van der Waals surface area contributed by atoms with Crippen molar-refractivity contribution >= 4 is 17.5 Å². The molecule has 76 valence electrons. The maximum atomic E-state index is 11.5. The number of hydrogen-bond acceptors (Lipinski definition) is 1. The van der Waals surface area contributed by atoms with Crippen molar-refractivity contribution in [1.29, 1.82) is 0 Å². The first kappa shape index (κ1) is 10.8. The lowest BCUT2D eigenvalue weighted by Gasteiger charge is -2.23. The highest BCUT2D eigenvalue weighted by Gasteiger charge is 2.35. The predicted octanol–water partition coefficient (Wildman–Crippen LogP) is 2.26. The third-order valence-electron chi connectivity index (χ3n) is 3.06. The first-order valence-electron chi connectivity index (χ1n) is 4.91. The van der Waals surface area contributed by atoms with Crippen LogP contribution >= 0.6 is 11.6 Å². The van der Waals surface area contributed by atoms with E-state index in [1.54, 1.807) is 6.92 Å². The summed E-state index contributed by atoms with van der Waals surface area (Å²) in [6.45, 7) is 7.91. The van der Waals surface area contributed by atoms with Crippen LogP contribution in [0.15, 0.2) is 0 Å². The van der Waals surface area contributed by atoms with Crippen molar-refractivity contribution in [2.75, 3.05) is 13.1 Å². The SMILES string of the molecule is CCC1(C)CCN(C(=O)C(C)Cl)C1. The molecule has 0 bridgehead atoms. The summed E-state index contributed by atoms with van der Waals surface area (Å²) >= 11 is 5.75. The summed E-state index contributed by atoms with van der Waals surface area (Å²) in [6, 6.07) is 0. The molecular formula is C10H18ClNO. The Balaban J connectivity index is 2.55. The van der Waals surface area contributed by atoms with Gasteiger partial charge in [0, 0.05) is 13.1 Å². The molecule has 0 aromatic rings. The summed E-state index contributed by atoms with van der Waals surface area (Å²) in [6.07, 6.45) is 2.24. The minimum atomic E-state index is -0.376. The van der Waals surface area contributed by atoms with Gasteiger partial charge in [0.25, 0.3) is 0 Å². The summed E-state index contributed by atoms with van der Waals surface area (Å²) in [7, 11) is 0. The van der Waals surface area contributed by atoms with Gasteiger partial charge in [-0.15, -0.1) is 11.6 Å². The molecule has 13 heavy (non-hydrogen) atoms. The molecule has 0 radical (unpaired) electrons. The van der Waals surface area contributed by atoms with E-state index in [0.717, 1.165) is 25.9 Å². The number of alkyl halides is 1. The Morgan fingerprint density at radius 2 is 2.31 bits per heavy atom. The maximum Gasteiger partial charge on any atom is 0.240 e. The molecule has 2 nitrogen and oxygen atoms in total. The molecule has 0 aromatic carbocycles. The Labute approximate surface area is 85.2 Å². The summed E-state index contributed by atoms with van der Waals surface area (Å²) in [5.74, 6) is 0.0823. The number of carbonyl (C=O) groups is 1. The van der Waals surface area contributed by atoms with E-state index in [4.69, 9.17) is 11.6 Å². The lowest BCUT2D eigenvalue weighted by Crippen LogP contribution is -2.35. The standard InChI is InChI=1S/C10H18ClNO/c1-4-10(3)5-6-12(7-10)9(13)8(2)11/h8H,4-7H2,1-3H3. The van der Waals surface area contributed by atoms with Gasteiger partial charge in [-0.25, -0.2) is 0 Å². The Morgan fingerprint density at radius 1 is 1.69 bits per heavy atom. The highest BCUT2D eigenvalue weighted by molar-refractivity contribution is 6.30. The summed E-state index contributed by atoms with van der Waals surface area (Å²) in [4.78, 5) is 13.4. The van der Waals surface area contributed by atoms with E-state index in [2.05, 4.69) is 13.8 Å². The van der Waals surface area contributed by atoms with Gasteiger partial charge in [-0.1, -0.05) is 13.8 Å². The fraction of sp³-hybridized carbons (Fsp3) is 0.900. The van der Waals surface area contributed by atoms with Gasteiger partial charge in [0.15, 0.2) is 0 Å². The number of nitrogens with zero attached hydrogens (tertiary/aromatic N) is 1. The molecule has 2 atom stereocenters. The first-order chi connectivity index (χ1) is 5.98. The number of amides is 1. The van der Waals surface area contributed by atoms with E-state index in [9.17, 15) is 4.79 Å². The number of carbonyl (C=O) groups excluding carboxylic acids is 1. The Bertz CT molecular complexity index is 205. The van der Waals surface area contributed by atoms with E-state index < -0.39 is 0 Å². The molecule has 2 unspecified atom stereocenters. The van der Waals surface area contributed by atoms with Gasteiger partial charge < -0.3 is 4.90 Å². The van der Waals surface area contributed by atoms with Gasteiger partial charge in [0.05, 0.1) is 0 Å². The van der Waals surface area contributed by atoms with Crippen molar-refractivity contribution < 1.29 is 4.79 Å². The molecule has 1 amide bonds. The van der Waals surface area contributed by atoms with Crippen LogP contribution in [0.25, 0.3) is 0 Å². The van der Waals surface area contributed by atoms with Crippen LogP contribution in [0.5, 0.6) is 0 Å². The zero-order valence-electron chi connectivity index (χ0n) is 8.64. The Morgan fingerprint density at radius 3 is 2.69 bits per heavy atom. The average molecular weight is 204 g/mol. The Kier molecular flexibility index (Phi) is 3.23. The van der Waals surface area contributed by atoms with Crippen LogP contribution in [0.4, 0.5) is 0 Å². The summed E-state index contributed by atoms with van der Waals surface area (Å²) in [5, 5.41) is -0.376. The van der Waals surface area contributed by atoms with Gasteiger partial charge in [-0.2, -0.15) is 0 Å². The van der Waals surface area contributed by atoms with Crippen molar-refractivity contribution in [1.82, 2.24) is 4.90 Å². The zero-order chi connectivity index (χ0) is 10.1. The van der Waals surface area contributed by atoms with Crippen molar-refractivity contribution in [2.45, 2.75) is 39.0 Å². The monoisotopic (exact) mass is 203 g/mol. The molecule has 3 heteroatoms. The van der Waals surface area contributed by atoms with Crippen molar-refractivity contribution in [3.8, 4) is 0 Å². The third-order valence-corrected chi connectivity index (χ3v) is 3.25. The average Bonchev–Trinajstić information content (AvgIpc) is 2.47. The molecule has 0 aliphatic carbocycles. The van der Waals surface area contributed by atoms with Crippen LogP contribution in [0.1, 0.15) is 33.6 Å². The van der Waals surface area contributed by atoms with Gasteiger partial charge in [0.2, 0.25) is 5.91 Å². The van der Waals surface area contributed by atoms with Crippen molar-refractivity contribution in [3.05, 3.63) is 0 Å². The highest BCUT2D eigenvalue weighted by Crippen LogP contribution is 2.33. The quantitative estimate of drug-likeness (QED) is 0.631. The second-order valence-electron chi connectivity index (χ2n) is 4.29. The number of rotatable bonds is 2. The molecule has 0 N–H and O–H groups in total. The van der Waals surface area contributed by atoms with E-state index in [-0.39, 0.29) is 11.3 Å². The maximum absolute atomic E-state index is 11.5. The first-order valence-corrected chi connectivity index (χ1v) is 5.35. The fourth-order valence-corrected chi connectivity index (χ4v) is 1.89. The van der Waals surface area contributed by atoms with Crippen LogP contribution in [-0.4, -0.2) is 29.3 Å². The third kappa shape index (κ3) is 2.37. The van der Waals surface area contributed by atoms with E-state index >= 15 is 0 Å². The number of hydrogen-bond donors (Lipinski definition) is 0. The van der Waals surface area contributed by atoms with Crippen LogP contribution < -0.4 is 0 Å². The molecule has 1 heterocycles.